The monoisotopic (exact) mass is 468 g/mol. The molecule has 0 bridgehead atoms. The third-order valence-corrected chi connectivity index (χ3v) is 6.04. The fourth-order valence-corrected chi connectivity index (χ4v) is 4.40. The van der Waals surface area contributed by atoms with Crippen molar-refractivity contribution < 1.29 is 36.2 Å². The van der Waals surface area contributed by atoms with Gasteiger partial charge in [-0.3, -0.25) is 14.7 Å². The van der Waals surface area contributed by atoms with Gasteiger partial charge in [0.05, 0.1) is 6.42 Å². The van der Waals surface area contributed by atoms with Crippen LogP contribution in [0.25, 0.3) is 0 Å². The lowest BCUT2D eigenvalue weighted by atomic mass is 9.73. The molecule has 10 heteroatoms. The largest absolute Gasteiger partial charge is 0.481 e. The van der Waals surface area contributed by atoms with Crippen LogP contribution < -0.4 is 0 Å². The third kappa shape index (κ3) is 8.26. The number of nitrogens with zero attached hydrogens (tertiary/aromatic N) is 2. The maximum absolute atomic E-state index is 13.0. The molecule has 0 radical (unpaired) electrons. The molecule has 1 saturated carbocycles. The summed E-state index contributed by atoms with van der Waals surface area (Å²) in [5.41, 5.74) is -0.538. The van der Waals surface area contributed by atoms with Crippen molar-refractivity contribution >= 4 is 5.97 Å². The summed E-state index contributed by atoms with van der Waals surface area (Å²) in [5, 5.41) is 9.17. The highest BCUT2D eigenvalue weighted by Crippen LogP contribution is 2.41. The average molecular weight is 468 g/mol. The highest BCUT2D eigenvalue weighted by Gasteiger charge is 2.38. The number of rotatable bonds is 9. The van der Waals surface area contributed by atoms with Crippen LogP contribution in [0.15, 0.2) is 18.3 Å². The standard InChI is InChI=1S/C22H30F6N2O2/c1-14(2)7-9-30(10-8-21(23,24)25)18-5-3-15(12-20(31)32)11-17(18)16-4-6-19(29-13-16)22(26,27)28/h4,6,13-15,17-18H,3,5,7-12H2,1-2H3,(H,31,32)/t15-,17+,18-/m1/s1. The molecule has 3 atom stereocenters. The molecular formula is C22H30F6N2O2. The molecule has 0 aliphatic heterocycles. The quantitative estimate of drug-likeness (QED) is 0.443. The van der Waals surface area contributed by atoms with E-state index < -0.39 is 30.4 Å². The van der Waals surface area contributed by atoms with E-state index >= 15 is 0 Å². The molecule has 0 aromatic carbocycles. The lowest BCUT2D eigenvalue weighted by molar-refractivity contribution is -0.141. The number of alkyl halides is 6. The zero-order valence-electron chi connectivity index (χ0n) is 18.2. The van der Waals surface area contributed by atoms with Gasteiger partial charge in [-0.25, -0.2) is 0 Å². The minimum absolute atomic E-state index is 0.0776. The van der Waals surface area contributed by atoms with Crippen LogP contribution >= 0.6 is 0 Å². The van der Waals surface area contributed by atoms with Crippen LogP contribution in [0.3, 0.4) is 0 Å². The highest BCUT2D eigenvalue weighted by atomic mass is 19.4. The van der Waals surface area contributed by atoms with E-state index in [1.165, 1.54) is 6.07 Å². The number of carbonyl (C=O) groups is 1. The Morgan fingerprint density at radius 3 is 2.34 bits per heavy atom. The van der Waals surface area contributed by atoms with Gasteiger partial charge in [0.1, 0.15) is 5.69 Å². The first-order valence-corrected chi connectivity index (χ1v) is 10.8. The fourth-order valence-electron chi connectivity index (χ4n) is 4.40. The summed E-state index contributed by atoms with van der Waals surface area (Å²) in [5.74, 6) is -1.27. The van der Waals surface area contributed by atoms with Crippen molar-refractivity contribution in [3.63, 3.8) is 0 Å². The van der Waals surface area contributed by atoms with Crippen molar-refractivity contribution in [2.24, 2.45) is 11.8 Å². The molecule has 1 aliphatic carbocycles. The second-order valence-electron chi connectivity index (χ2n) is 9.01. The predicted octanol–water partition coefficient (Wildman–Crippen LogP) is 6.13. The van der Waals surface area contributed by atoms with Crippen LogP contribution in [-0.4, -0.2) is 46.3 Å². The van der Waals surface area contributed by atoms with Gasteiger partial charge in [-0.1, -0.05) is 19.9 Å². The number of halogens is 6. The summed E-state index contributed by atoms with van der Waals surface area (Å²) in [6.45, 7) is 4.19. The van der Waals surface area contributed by atoms with Crippen LogP contribution in [0.4, 0.5) is 26.3 Å². The number of carboxylic acids is 1. The molecule has 0 unspecified atom stereocenters. The topological polar surface area (TPSA) is 53.4 Å². The highest BCUT2D eigenvalue weighted by molar-refractivity contribution is 5.67. The Hall–Kier alpha value is -1.84. The zero-order chi connectivity index (χ0) is 24.1. The third-order valence-electron chi connectivity index (χ3n) is 6.04. The SMILES string of the molecule is CC(C)CCN(CCC(F)(F)F)[C@@H]1CC[C@@H](CC(=O)O)C[C@H]1c1ccc(C(F)(F)F)nc1. The summed E-state index contributed by atoms with van der Waals surface area (Å²) < 4.78 is 77.6. The van der Waals surface area contributed by atoms with E-state index in [4.69, 9.17) is 5.11 Å². The van der Waals surface area contributed by atoms with Crippen molar-refractivity contribution in [3.05, 3.63) is 29.6 Å². The fraction of sp³-hybridized carbons (Fsp3) is 0.727. The lowest BCUT2D eigenvalue weighted by Crippen LogP contribution is -2.45. The van der Waals surface area contributed by atoms with Crippen LogP contribution in [0.1, 0.15) is 69.5 Å². The molecule has 1 N–H and O–H groups in total. The molecule has 0 amide bonds. The lowest BCUT2D eigenvalue weighted by Gasteiger charge is -2.43. The summed E-state index contributed by atoms with van der Waals surface area (Å²) in [6, 6.07) is 1.88. The van der Waals surface area contributed by atoms with E-state index in [2.05, 4.69) is 4.98 Å². The zero-order valence-corrected chi connectivity index (χ0v) is 18.2. The first-order chi connectivity index (χ1) is 14.8. The Bertz CT molecular complexity index is 733. The average Bonchev–Trinajstić information content (AvgIpc) is 2.66. The van der Waals surface area contributed by atoms with Gasteiger partial charge < -0.3 is 5.11 Å². The molecule has 0 spiro atoms. The van der Waals surface area contributed by atoms with Crippen molar-refractivity contribution in [2.75, 3.05) is 13.1 Å². The van der Waals surface area contributed by atoms with Crippen molar-refractivity contribution in [3.8, 4) is 0 Å². The Morgan fingerprint density at radius 1 is 1.16 bits per heavy atom. The van der Waals surface area contributed by atoms with E-state index in [-0.39, 0.29) is 36.8 Å². The maximum atomic E-state index is 13.0. The molecule has 2 rings (SSSR count). The Labute approximate surface area is 184 Å². The van der Waals surface area contributed by atoms with E-state index in [9.17, 15) is 31.1 Å². The Morgan fingerprint density at radius 2 is 1.84 bits per heavy atom. The maximum Gasteiger partial charge on any atom is 0.433 e. The van der Waals surface area contributed by atoms with Gasteiger partial charge in [0.25, 0.3) is 0 Å². The molecular weight excluding hydrogens is 438 g/mol. The van der Waals surface area contributed by atoms with Gasteiger partial charge in [-0.2, -0.15) is 26.3 Å². The molecule has 1 heterocycles. The van der Waals surface area contributed by atoms with E-state index in [1.807, 2.05) is 13.8 Å². The van der Waals surface area contributed by atoms with E-state index in [0.29, 0.717) is 37.8 Å². The van der Waals surface area contributed by atoms with Gasteiger partial charge in [0, 0.05) is 31.1 Å². The smallest absolute Gasteiger partial charge is 0.433 e. The normalized spacial score (nSPS) is 22.5. The minimum atomic E-state index is -4.59. The van der Waals surface area contributed by atoms with Crippen molar-refractivity contribution in [1.29, 1.82) is 0 Å². The Balaban J connectivity index is 2.32. The molecule has 1 fully saturated rings. The van der Waals surface area contributed by atoms with Gasteiger partial charge in [-0.05, 0) is 55.7 Å². The van der Waals surface area contributed by atoms with Crippen molar-refractivity contribution in [1.82, 2.24) is 9.88 Å². The van der Waals surface area contributed by atoms with Crippen LogP contribution in [-0.2, 0) is 11.0 Å². The molecule has 1 aromatic heterocycles. The van der Waals surface area contributed by atoms with Gasteiger partial charge in [0.15, 0.2) is 0 Å². The molecule has 1 aromatic rings. The number of aromatic nitrogens is 1. The van der Waals surface area contributed by atoms with E-state index in [1.54, 1.807) is 4.90 Å². The van der Waals surface area contributed by atoms with Crippen LogP contribution in [0, 0.1) is 11.8 Å². The first kappa shape index (κ1) is 26.4. The molecule has 4 nitrogen and oxygen atoms in total. The van der Waals surface area contributed by atoms with Crippen LogP contribution in [0.5, 0.6) is 0 Å². The number of hydrogen-bond acceptors (Lipinski definition) is 3. The minimum Gasteiger partial charge on any atom is -0.481 e. The summed E-state index contributed by atoms with van der Waals surface area (Å²) in [4.78, 5) is 16.5. The molecule has 32 heavy (non-hydrogen) atoms. The van der Waals surface area contributed by atoms with Crippen LogP contribution in [0.2, 0.25) is 0 Å². The second-order valence-corrected chi connectivity index (χ2v) is 9.01. The van der Waals surface area contributed by atoms with Crippen molar-refractivity contribution in [2.45, 2.75) is 76.7 Å². The summed E-state index contributed by atoms with van der Waals surface area (Å²) in [6.07, 6.45) is -6.73. The number of aliphatic carboxylic acids is 1. The van der Waals surface area contributed by atoms with Gasteiger partial charge >= 0.3 is 18.3 Å². The van der Waals surface area contributed by atoms with Gasteiger partial charge in [-0.15, -0.1) is 0 Å². The molecule has 0 saturated heterocycles. The summed E-state index contributed by atoms with van der Waals surface area (Å²) >= 11 is 0. The molecule has 1 aliphatic rings. The predicted molar refractivity (Wildman–Crippen MR) is 107 cm³/mol. The van der Waals surface area contributed by atoms with E-state index in [0.717, 1.165) is 12.3 Å². The molecule has 182 valence electrons. The Kier molecular flexibility index (Phi) is 8.96. The number of pyridine rings is 1. The number of carboxylic acid groups (broad SMARTS) is 1. The van der Waals surface area contributed by atoms with Gasteiger partial charge in [0.2, 0.25) is 0 Å². The number of hydrogen-bond donors (Lipinski definition) is 1. The first-order valence-electron chi connectivity index (χ1n) is 10.8. The second kappa shape index (κ2) is 10.9. The summed E-state index contributed by atoms with van der Waals surface area (Å²) in [7, 11) is 0.